The van der Waals surface area contributed by atoms with Crippen LogP contribution in [0, 0.1) is 5.92 Å². The van der Waals surface area contributed by atoms with Crippen LogP contribution in [0.4, 0.5) is 5.82 Å². The van der Waals surface area contributed by atoms with Crippen LogP contribution in [0.3, 0.4) is 0 Å². The van der Waals surface area contributed by atoms with E-state index in [1.165, 1.54) is 12.8 Å². The standard InChI is InChI=1S/C16H25N3O/c1-4-17-15-11-13(9-10-18-15)16(20)19(3)14-7-5-12(2)6-8-14/h9-12,14H,4-8H2,1-3H3,(H,17,18). The SMILES string of the molecule is CCNc1cc(C(=O)N(C)C2CCC(C)CC2)ccn1. The summed E-state index contributed by atoms with van der Waals surface area (Å²) in [5.41, 5.74) is 0.720. The average Bonchev–Trinajstić information content (AvgIpc) is 2.47. The lowest BCUT2D eigenvalue weighted by Gasteiger charge is -2.33. The summed E-state index contributed by atoms with van der Waals surface area (Å²) in [5.74, 6) is 1.67. The van der Waals surface area contributed by atoms with Crippen LogP contribution >= 0.6 is 0 Å². The van der Waals surface area contributed by atoms with E-state index < -0.39 is 0 Å². The molecule has 4 nitrogen and oxygen atoms in total. The molecule has 1 amide bonds. The molecule has 0 bridgehead atoms. The normalized spacial score (nSPS) is 22.4. The van der Waals surface area contributed by atoms with Gasteiger partial charge in [-0.15, -0.1) is 0 Å². The number of aromatic nitrogens is 1. The first-order valence-electron chi connectivity index (χ1n) is 7.59. The van der Waals surface area contributed by atoms with E-state index in [0.717, 1.165) is 36.7 Å². The van der Waals surface area contributed by atoms with Gasteiger partial charge in [-0.2, -0.15) is 0 Å². The van der Waals surface area contributed by atoms with Gasteiger partial charge in [0.15, 0.2) is 0 Å². The van der Waals surface area contributed by atoms with Crippen LogP contribution in [-0.2, 0) is 0 Å². The Hall–Kier alpha value is -1.58. The molecule has 0 saturated heterocycles. The Balaban J connectivity index is 2.04. The summed E-state index contributed by atoms with van der Waals surface area (Å²) in [6, 6.07) is 4.02. The molecular weight excluding hydrogens is 250 g/mol. The highest BCUT2D eigenvalue weighted by Crippen LogP contribution is 2.27. The first kappa shape index (κ1) is 14.8. The fourth-order valence-electron chi connectivity index (χ4n) is 2.84. The maximum atomic E-state index is 12.6. The third-order valence-electron chi connectivity index (χ3n) is 4.22. The van der Waals surface area contributed by atoms with Gasteiger partial charge in [0.25, 0.3) is 5.91 Å². The van der Waals surface area contributed by atoms with E-state index in [-0.39, 0.29) is 5.91 Å². The summed E-state index contributed by atoms with van der Waals surface area (Å²) in [7, 11) is 1.93. The highest BCUT2D eigenvalue weighted by Gasteiger charge is 2.25. The van der Waals surface area contributed by atoms with Gasteiger partial charge in [-0.25, -0.2) is 4.98 Å². The molecule has 20 heavy (non-hydrogen) atoms. The summed E-state index contributed by atoms with van der Waals surface area (Å²) in [6.07, 6.45) is 6.38. The molecule has 1 N–H and O–H groups in total. The van der Waals surface area contributed by atoms with Crippen molar-refractivity contribution in [2.75, 3.05) is 18.9 Å². The van der Waals surface area contributed by atoms with Crippen LogP contribution in [0.1, 0.15) is 49.9 Å². The summed E-state index contributed by atoms with van der Waals surface area (Å²) < 4.78 is 0. The smallest absolute Gasteiger partial charge is 0.254 e. The van der Waals surface area contributed by atoms with E-state index >= 15 is 0 Å². The number of rotatable bonds is 4. The largest absolute Gasteiger partial charge is 0.370 e. The van der Waals surface area contributed by atoms with E-state index in [1.54, 1.807) is 12.3 Å². The van der Waals surface area contributed by atoms with Crippen molar-refractivity contribution in [2.24, 2.45) is 5.92 Å². The Labute approximate surface area is 121 Å². The van der Waals surface area contributed by atoms with E-state index in [0.29, 0.717) is 6.04 Å². The lowest BCUT2D eigenvalue weighted by molar-refractivity contribution is 0.0679. The number of amides is 1. The summed E-state index contributed by atoms with van der Waals surface area (Å²) in [4.78, 5) is 18.7. The van der Waals surface area contributed by atoms with Crippen LogP contribution in [0.15, 0.2) is 18.3 Å². The highest BCUT2D eigenvalue weighted by molar-refractivity contribution is 5.94. The van der Waals surface area contributed by atoms with Crippen molar-refractivity contribution < 1.29 is 4.79 Å². The molecule has 2 rings (SSSR count). The molecule has 0 spiro atoms. The zero-order chi connectivity index (χ0) is 14.5. The van der Waals surface area contributed by atoms with Crippen LogP contribution in [0.2, 0.25) is 0 Å². The Morgan fingerprint density at radius 1 is 1.40 bits per heavy atom. The molecule has 1 aliphatic carbocycles. The number of carbonyl (C=O) groups is 1. The van der Waals surface area contributed by atoms with Gasteiger partial charge in [0.05, 0.1) is 0 Å². The maximum absolute atomic E-state index is 12.6. The zero-order valence-corrected chi connectivity index (χ0v) is 12.7. The van der Waals surface area contributed by atoms with E-state index in [9.17, 15) is 4.79 Å². The van der Waals surface area contributed by atoms with Gasteiger partial charge in [-0.3, -0.25) is 4.79 Å². The quantitative estimate of drug-likeness (QED) is 0.918. The number of nitrogens with zero attached hydrogens (tertiary/aromatic N) is 2. The number of hydrogen-bond donors (Lipinski definition) is 1. The van der Waals surface area contributed by atoms with Crippen molar-refractivity contribution in [3.63, 3.8) is 0 Å². The fraction of sp³-hybridized carbons (Fsp3) is 0.625. The van der Waals surface area contributed by atoms with Crippen LogP contribution < -0.4 is 5.32 Å². The van der Waals surface area contributed by atoms with Gasteiger partial charge < -0.3 is 10.2 Å². The number of nitrogens with one attached hydrogen (secondary N) is 1. The first-order valence-corrected chi connectivity index (χ1v) is 7.59. The summed E-state index contributed by atoms with van der Waals surface area (Å²) in [5, 5.41) is 3.15. The predicted molar refractivity (Wildman–Crippen MR) is 81.9 cm³/mol. The highest BCUT2D eigenvalue weighted by atomic mass is 16.2. The van der Waals surface area contributed by atoms with Gasteiger partial charge in [0, 0.05) is 31.4 Å². The Morgan fingerprint density at radius 2 is 2.10 bits per heavy atom. The molecule has 1 aromatic heterocycles. The third-order valence-corrected chi connectivity index (χ3v) is 4.22. The second-order valence-corrected chi connectivity index (χ2v) is 5.79. The van der Waals surface area contributed by atoms with E-state index in [1.807, 2.05) is 24.9 Å². The molecule has 4 heteroatoms. The van der Waals surface area contributed by atoms with Crippen molar-refractivity contribution in [1.82, 2.24) is 9.88 Å². The average molecular weight is 275 g/mol. The van der Waals surface area contributed by atoms with Crippen molar-refractivity contribution in [3.8, 4) is 0 Å². The van der Waals surface area contributed by atoms with Crippen molar-refractivity contribution in [1.29, 1.82) is 0 Å². The van der Waals surface area contributed by atoms with Crippen LogP contribution in [0.25, 0.3) is 0 Å². The van der Waals surface area contributed by atoms with Gasteiger partial charge >= 0.3 is 0 Å². The Bertz CT molecular complexity index is 453. The van der Waals surface area contributed by atoms with Gasteiger partial charge in [-0.05, 0) is 50.7 Å². The van der Waals surface area contributed by atoms with E-state index in [2.05, 4.69) is 17.2 Å². The molecule has 0 aliphatic heterocycles. The summed E-state index contributed by atoms with van der Waals surface area (Å²) in [6.45, 7) is 5.12. The second-order valence-electron chi connectivity index (χ2n) is 5.79. The van der Waals surface area contributed by atoms with Crippen LogP contribution in [-0.4, -0.2) is 35.4 Å². The lowest BCUT2D eigenvalue weighted by atomic mass is 9.86. The minimum atomic E-state index is 0.103. The monoisotopic (exact) mass is 275 g/mol. The molecule has 0 unspecified atom stereocenters. The molecule has 1 saturated carbocycles. The molecule has 1 heterocycles. The zero-order valence-electron chi connectivity index (χ0n) is 12.7. The molecule has 110 valence electrons. The second kappa shape index (κ2) is 6.73. The molecule has 0 aromatic carbocycles. The van der Waals surface area contributed by atoms with Crippen LogP contribution in [0.5, 0.6) is 0 Å². The molecule has 0 radical (unpaired) electrons. The number of carbonyl (C=O) groups excluding carboxylic acids is 1. The number of anilines is 1. The Kier molecular flexibility index (Phi) is 4.99. The predicted octanol–water partition coefficient (Wildman–Crippen LogP) is 3.16. The molecule has 1 fully saturated rings. The summed E-state index contributed by atoms with van der Waals surface area (Å²) >= 11 is 0. The van der Waals surface area contributed by atoms with Gasteiger partial charge in [0.1, 0.15) is 5.82 Å². The third kappa shape index (κ3) is 3.50. The number of pyridine rings is 1. The van der Waals surface area contributed by atoms with Crippen molar-refractivity contribution >= 4 is 11.7 Å². The Morgan fingerprint density at radius 3 is 2.75 bits per heavy atom. The van der Waals surface area contributed by atoms with Gasteiger partial charge in [-0.1, -0.05) is 6.92 Å². The molecule has 0 atom stereocenters. The molecular formula is C16H25N3O. The maximum Gasteiger partial charge on any atom is 0.254 e. The minimum Gasteiger partial charge on any atom is -0.370 e. The molecule has 1 aliphatic rings. The van der Waals surface area contributed by atoms with Crippen molar-refractivity contribution in [3.05, 3.63) is 23.9 Å². The topological polar surface area (TPSA) is 45.2 Å². The fourth-order valence-corrected chi connectivity index (χ4v) is 2.84. The van der Waals surface area contributed by atoms with Gasteiger partial charge in [0.2, 0.25) is 0 Å². The molecule has 1 aromatic rings. The minimum absolute atomic E-state index is 0.103. The van der Waals surface area contributed by atoms with Crippen molar-refractivity contribution in [2.45, 2.75) is 45.6 Å². The first-order chi connectivity index (χ1) is 9.61. The van der Waals surface area contributed by atoms with E-state index in [4.69, 9.17) is 0 Å². The number of hydrogen-bond acceptors (Lipinski definition) is 3. The lowest BCUT2D eigenvalue weighted by Crippen LogP contribution is -2.39.